The van der Waals surface area contributed by atoms with Crippen molar-refractivity contribution in [1.29, 1.82) is 0 Å². The topological polar surface area (TPSA) is 67.3 Å². The first-order valence-corrected chi connectivity index (χ1v) is 8.18. The number of nitrogens with zero attached hydrogens (tertiary/aromatic N) is 2. The van der Waals surface area contributed by atoms with Crippen molar-refractivity contribution in [2.45, 2.75) is 58.2 Å². The Morgan fingerprint density at radius 1 is 1.44 bits per heavy atom. The molecule has 0 radical (unpaired) electrons. The summed E-state index contributed by atoms with van der Waals surface area (Å²) in [6.45, 7) is 6.31. The summed E-state index contributed by atoms with van der Waals surface area (Å²) in [5, 5.41) is 13.0. The number of rotatable bonds is 4. The van der Waals surface area contributed by atoms with E-state index in [9.17, 15) is 5.11 Å². The summed E-state index contributed by atoms with van der Waals surface area (Å²) < 4.78 is 5.46. The summed E-state index contributed by atoms with van der Waals surface area (Å²) in [6, 6.07) is -0.0104. The molecule has 0 aromatic carbocycles. The first-order valence-electron chi connectivity index (χ1n) is 8.18. The van der Waals surface area contributed by atoms with Gasteiger partial charge in [0.15, 0.2) is 0 Å². The van der Waals surface area contributed by atoms with Gasteiger partial charge >= 0.3 is 18.9 Å². The molecule has 6 heteroatoms. The molecule has 0 amide bonds. The summed E-state index contributed by atoms with van der Waals surface area (Å²) in [4.78, 5) is 8.83. The molecule has 1 aliphatic heterocycles. The Morgan fingerprint density at radius 2 is 2.16 bits per heavy atom. The Hall–Kier alpha value is -0.703. The van der Waals surface area contributed by atoms with Crippen LogP contribution in [0.4, 0.5) is 0 Å². The molecule has 1 aliphatic rings. The predicted molar refractivity (Wildman–Crippen MR) is 95.8 cm³/mol. The quantitative estimate of drug-likeness (QED) is 0.587. The van der Waals surface area contributed by atoms with E-state index in [1.54, 1.807) is 13.3 Å². The summed E-state index contributed by atoms with van der Waals surface area (Å²) in [5.74, 6) is 0. The second-order valence-electron chi connectivity index (χ2n) is 7.04. The normalized spacial score (nSPS) is 24.3. The van der Waals surface area contributed by atoms with Crippen molar-refractivity contribution in [3.63, 3.8) is 0 Å². The van der Waals surface area contributed by atoms with Crippen molar-refractivity contribution in [2.75, 3.05) is 13.7 Å². The van der Waals surface area contributed by atoms with E-state index in [4.69, 9.17) is 4.74 Å². The van der Waals surface area contributed by atoms with Crippen LogP contribution in [0.25, 0.3) is 6.08 Å². The van der Waals surface area contributed by atoms with Gasteiger partial charge in [-0.15, -0.1) is 5.41 Å². The van der Waals surface area contributed by atoms with Crippen molar-refractivity contribution in [2.24, 2.45) is 5.41 Å². The van der Waals surface area contributed by atoms with Gasteiger partial charge in [-0.05, 0) is 31.2 Å². The van der Waals surface area contributed by atoms with E-state index in [2.05, 4.69) is 48.3 Å². The molecule has 25 heavy (non-hydrogen) atoms. The number of nitrogens with one attached hydrogen (secondary N) is 1. The van der Waals surface area contributed by atoms with E-state index in [0.717, 1.165) is 25.0 Å². The van der Waals surface area contributed by atoms with Crippen LogP contribution in [-0.4, -0.2) is 40.9 Å². The third-order valence-electron chi connectivity index (χ3n) is 3.98. The molecule has 0 unspecified atom stereocenters. The number of aliphatic hydroxyl groups excluding tert-OH is 1. The van der Waals surface area contributed by atoms with Crippen LogP contribution in [0.1, 0.15) is 57.5 Å². The van der Waals surface area contributed by atoms with Gasteiger partial charge in [-0.25, -0.2) is 0 Å². The molecule has 1 aromatic rings. The number of hydrogen-bond donors (Lipinski definition) is 2. The fourth-order valence-electron chi connectivity index (χ4n) is 2.70. The van der Waals surface area contributed by atoms with Crippen molar-refractivity contribution >= 4 is 6.08 Å². The van der Waals surface area contributed by atoms with Crippen LogP contribution >= 0.6 is 0 Å². The third-order valence-corrected chi connectivity index (χ3v) is 3.98. The fourth-order valence-corrected chi connectivity index (χ4v) is 2.70. The summed E-state index contributed by atoms with van der Waals surface area (Å²) in [7, 11) is 1.69. The molecule has 2 heterocycles. The van der Waals surface area contributed by atoms with Crippen molar-refractivity contribution in [1.82, 2.24) is 15.3 Å². The molecular formula is C19H30LiN3O2-2. The van der Waals surface area contributed by atoms with Crippen LogP contribution in [-0.2, 0) is 4.74 Å². The van der Waals surface area contributed by atoms with Crippen molar-refractivity contribution in [3.8, 4) is 0 Å². The van der Waals surface area contributed by atoms with Crippen LogP contribution in [0.5, 0.6) is 0 Å². The van der Waals surface area contributed by atoms with E-state index in [-0.39, 0.29) is 56.5 Å². The average molecular weight is 339 g/mol. The molecular weight excluding hydrogens is 309 g/mol. The minimum Gasteiger partial charge on any atom is -0.405 e. The fraction of sp³-hybridized carbons (Fsp3) is 0.632. The summed E-state index contributed by atoms with van der Waals surface area (Å²) in [5.41, 5.74) is 1.53. The van der Waals surface area contributed by atoms with Crippen molar-refractivity contribution < 1.29 is 28.7 Å². The number of methoxy groups -OCH3 is 1. The van der Waals surface area contributed by atoms with Crippen LogP contribution < -0.4 is 24.2 Å². The standard InChI is InChI=1S/C18H27N3O2.CH3.Li/c1-18(2,3)9-8-13-10-20-15(11-19-13)14-6-5-7-17(23-4)16(12-22)21-14;;/h8,11,14,16-17,21-22H,5-7,12H2,1-4H3;1H3;/q-2;-1;+1/t14-,16-,17+;;/m0../s1. The maximum Gasteiger partial charge on any atom is 1.00 e. The van der Waals surface area contributed by atoms with Gasteiger partial charge in [0.05, 0.1) is 18.8 Å². The predicted octanol–water partition coefficient (Wildman–Crippen LogP) is -0.216. The van der Waals surface area contributed by atoms with Crippen LogP contribution in [0, 0.1) is 25.1 Å². The molecule has 1 fully saturated rings. The molecule has 0 spiro atoms. The van der Waals surface area contributed by atoms with Crippen LogP contribution in [0.2, 0.25) is 0 Å². The van der Waals surface area contributed by atoms with Crippen molar-refractivity contribution in [3.05, 3.63) is 37.3 Å². The molecule has 0 saturated carbocycles. The number of aromatic nitrogens is 2. The first kappa shape index (κ1) is 24.3. The zero-order valence-corrected chi connectivity index (χ0v) is 16.5. The summed E-state index contributed by atoms with van der Waals surface area (Å²) >= 11 is 0. The van der Waals surface area contributed by atoms with Crippen LogP contribution in [0.3, 0.4) is 0 Å². The van der Waals surface area contributed by atoms with Gasteiger partial charge in [-0.3, -0.25) is 0 Å². The number of hydrogen-bond acceptors (Lipinski definition) is 5. The maximum absolute atomic E-state index is 9.57. The molecule has 2 N–H and O–H groups in total. The monoisotopic (exact) mass is 339 g/mol. The van der Waals surface area contributed by atoms with Gasteiger partial charge in [-0.2, -0.15) is 11.9 Å². The van der Waals surface area contributed by atoms with Gasteiger partial charge in [0.25, 0.3) is 0 Å². The Labute approximate surface area is 164 Å². The molecule has 2 rings (SSSR count). The number of allylic oxidation sites excluding steroid dienone is 1. The Kier molecular flexibility index (Phi) is 10.8. The second kappa shape index (κ2) is 11.1. The number of ether oxygens (including phenoxy) is 1. The minimum absolute atomic E-state index is 0. The van der Waals surface area contributed by atoms with Gasteiger partial charge in [0, 0.05) is 13.2 Å². The largest absolute Gasteiger partial charge is 1.00 e. The molecule has 5 nitrogen and oxygen atoms in total. The molecule has 3 atom stereocenters. The van der Waals surface area contributed by atoms with E-state index in [1.165, 1.54) is 0 Å². The molecule has 136 valence electrons. The first-order chi connectivity index (χ1) is 10.9. The zero-order chi connectivity index (χ0) is 16.9. The van der Waals surface area contributed by atoms with Gasteiger partial charge in [-0.1, -0.05) is 20.8 Å². The van der Waals surface area contributed by atoms with E-state index in [0.29, 0.717) is 5.69 Å². The molecule has 1 saturated heterocycles. The van der Waals surface area contributed by atoms with E-state index < -0.39 is 0 Å². The number of aliphatic hydroxyl groups is 1. The van der Waals surface area contributed by atoms with E-state index in [1.807, 2.05) is 6.08 Å². The molecule has 0 bridgehead atoms. The van der Waals surface area contributed by atoms with Gasteiger partial charge in [0.1, 0.15) is 0 Å². The van der Waals surface area contributed by atoms with Gasteiger partial charge < -0.3 is 44.7 Å². The van der Waals surface area contributed by atoms with Crippen LogP contribution in [0.15, 0.2) is 6.20 Å². The average Bonchev–Trinajstić information content (AvgIpc) is 2.74. The summed E-state index contributed by atoms with van der Waals surface area (Å²) in [6.07, 6.45) is 12.8. The maximum atomic E-state index is 9.57. The smallest absolute Gasteiger partial charge is 0.405 e. The second-order valence-corrected chi connectivity index (χ2v) is 7.04. The van der Waals surface area contributed by atoms with Gasteiger partial charge in [0.2, 0.25) is 0 Å². The minimum atomic E-state index is -0.0805. The van der Waals surface area contributed by atoms with E-state index >= 15 is 0 Å². The zero-order valence-electron chi connectivity index (χ0n) is 16.5. The Morgan fingerprint density at radius 3 is 2.68 bits per heavy atom. The Balaban J connectivity index is 0.00000288. The third kappa shape index (κ3) is 7.60. The molecule has 0 aliphatic carbocycles. The SMILES string of the molecule is CO[C@@H]1CCC[C@@H](c2cnc(C=[C-]C(C)(C)C)[c-]n2)N[C@H]1CO.[CH3-].[Li+]. The molecule has 1 aromatic heterocycles. The Bertz CT molecular complexity index is 514.